The summed E-state index contributed by atoms with van der Waals surface area (Å²) in [6.45, 7) is 6.62. The Morgan fingerprint density at radius 3 is 2.64 bits per heavy atom. The molecule has 1 atom stereocenters. The second-order valence-electron chi connectivity index (χ2n) is 9.14. The molecule has 1 fully saturated rings. The van der Waals surface area contributed by atoms with Crippen LogP contribution in [0.25, 0.3) is 16.8 Å². The minimum absolute atomic E-state index is 0.0954. The number of likely N-dealkylation sites (tertiary alicyclic amines) is 1. The maximum atomic E-state index is 12.5. The zero-order valence-corrected chi connectivity index (χ0v) is 19.2. The molecule has 1 aliphatic heterocycles. The van der Waals surface area contributed by atoms with Crippen molar-refractivity contribution in [3.8, 4) is 17.1 Å². The molecule has 0 radical (unpaired) electrons. The van der Waals surface area contributed by atoms with Gasteiger partial charge in [0, 0.05) is 44.4 Å². The molecule has 3 aromatic heterocycles. The summed E-state index contributed by atoms with van der Waals surface area (Å²) in [6.07, 6.45) is 6.69. The minimum atomic E-state index is -1.13. The van der Waals surface area contributed by atoms with Gasteiger partial charge in [-0.25, -0.2) is 19.1 Å². The van der Waals surface area contributed by atoms with Crippen molar-refractivity contribution in [2.45, 2.75) is 51.7 Å². The maximum Gasteiger partial charge on any atom is 0.410 e. The van der Waals surface area contributed by atoms with Crippen molar-refractivity contribution in [3.05, 3.63) is 30.4 Å². The first kappa shape index (κ1) is 22.6. The molecule has 0 aliphatic carbocycles. The Morgan fingerprint density at radius 2 is 1.97 bits per heavy atom. The van der Waals surface area contributed by atoms with Crippen LogP contribution in [-0.4, -0.2) is 71.2 Å². The topological polar surface area (TPSA) is 124 Å². The van der Waals surface area contributed by atoms with Gasteiger partial charge in [0.05, 0.1) is 18.1 Å². The number of carboxylic acids is 1. The van der Waals surface area contributed by atoms with Gasteiger partial charge in [-0.15, -0.1) is 0 Å². The Bertz CT molecular complexity index is 1180. The van der Waals surface area contributed by atoms with E-state index in [0.29, 0.717) is 36.6 Å². The van der Waals surface area contributed by atoms with Gasteiger partial charge in [0.25, 0.3) is 0 Å². The van der Waals surface area contributed by atoms with Gasteiger partial charge in [0.2, 0.25) is 5.88 Å². The Balaban J connectivity index is 1.58. The second kappa shape index (κ2) is 8.72. The molecule has 1 unspecified atom stereocenters. The number of rotatable bonds is 4. The fourth-order valence-electron chi connectivity index (χ4n) is 3.70. The highest BCUT2D eigenvalue weighted by Gasteiger charge is 2.27. The number of carbonyl (C=O) groups excluding carboxylic acids is 1. The van der Waals surface area contributed by atoms with Gasteiger partial charge in [-0.2, -0.15) is 10.2 Å². The fourth-order valence-corrected chi connectivity index (χ4v) is 3.70. The number of carboxylic acid groups (broad SMARTS) is 1. The average Bonchev–Trinajstić information content (AvgIpc) is 3.28. The molecule has 0 spiro atoms. The monoisotopic (exact) mass is 456 g/mol. The first-order valence-electron chi connectivity index (χ1n) is 10.9. The van der Waals surface area contributed by atoms with Crippen LogP contribution in [0.15, 0.2) is 24.7 Å². The molecule has 11 nitrogen and oxygen atoms in total. The lowest BCUT2D eigenvalue weighted by Gasteiger charge is -2.26. The van der Waals surface area contributed by atoms with E-state index in [-0.39, 0.29) is 17.9 Å². The molecule has 1 amide bonds. The summed E-state index contributed by atoms with van der Waals surface area (Å²) in [4.78, 5) is 30.3. The van der Waals surface area contributed by atoms with Gasteiger partial charge >= 0.3 is 12.1 Å². The zero-order chi connectivity index (χ0) is 23.8. The number of ether oxygens (including phenoxy) is 2. The zero-order valence-electron chi connectivity index (χ0n) is 19.2. The molecule has 3 aromatic rings. The van der Waals surface area contributed by atoms with Crippen molar-refractivity contribution >= 4 is 17.6 Å². The van der Waals surface area contributed by atoms with Gasteiger partial charge in [0.15, 0.2) is 5.69 Å². The summed E-state index contributed by atoms with van der Waals surface area (Å²) in [6, 6.07) is 1.45. The molecule has 4 rings (SSSR count). The highest BCUT2D eigenvalue weighted by atomic mass is 16.6. The number of fused-ring (bicyclic) bond motifs is 1. The molecule has 0 aromatic carbocycles. The highest BCUT2D eigenvalue weighted by molar-refractivity contribution is 5.87. The number of carbonyl (C=O) groups is 2. The van der Waals surface area contributed by atoms with E-state index in [0.717, 1.165) is 18.4 Å². The van der Waals surface area contributed by atoms with Crippen LogP contribution in [0.5, 0.6) is 5.88 Å². The predicted molar refractivity (Wildman–Crippen MR) is 118 cm³/mol. The van der Waals surface area contributed by atoms with E-state index in [1.165, 1.54) is 10.6 Å². The van der Waals surface area contributed by atoms with E-state index in [4.69, 9.17) is 9.47 Å². The van der Waals surface area contributed by atoms with E-state index in [9.17, 15) is 14.7 Å². The smallest absolute Gasteiger partial charge is 0.410 e. The number of amides is 1. The molecule has 1 aliphatic rings. The Hall–Kier alpha value is -3.63. The van der Waals surface area contributed by atoms with Crippen LogP contribution >= 0.6 is 0 Å². The summed E-state index contributed by atoms with van der Waals surface area (Å²) in [5.74, 6) is -0.831. The lowest BCUT2D eigenvalue weighted by atomic mass is 10.1. The number of hydrogen-bond acceptors (Lipinski definition) is 7. The van der Waals surface area contributed by atoms with Gasteiger partial charge in [-0.05, 0) is 33.6 Å². The molecule has 11 heteroatoms. The molecule has 0 bridgehead atoms. The molecule has 1 saturated heterocycles. The van der Waals surface area contributed by atoms with Crippen molar-refractivity contribution in [1.29, 1.82) is 0 Å². The molecule has 33 heavy (non-hydrogen) atoms. The lowest BCUT2D eigenvalue weighted by molar-refractivity contribution is 0.0251. The molecule has 176 valence electrons. The summed E-state index contributed by atoms with van der Waals surface area (Å²) < 4.78 is 14.9. The van der Waals surface area contributed by atoms with Crippen molar-refractivity contribution in [3.63, 3.8) is 0 Å². The third-order valence-electron chi connectivity index (χ3n) is 5.25. The number of hydrogen-bond donors (Lipinski definition) is 1. The van der Waals surface area contributed by atoms with Crippen LogP contribution < -0.4 is 4.74 Å². The number of aryl methyl sites for hydroxylation is 1. The maximum absolute atomic E-state index is 12.5. The van der Waals surface area contributed by atoms with E-state index < -0.39 is 11.6 Å². The summed E-state index contributed by atoms with van der Waals surface area (Å²) in [7, 11) is 1.80. The molecule has 4 heterocycles. The summed E-state index contributed by atoms with van der Waals surface area (Å²) >= 11 is 0. The van der Waals surface area contributed by atoms with E-state index in [1.807, 2.05) is 27.0 Å². The van der Waals surface area contributed by atoms with Gasteiger partial charge in [0.1, 0.15) is 17.2 Å². The van der Waals surface area contributed by atoms with Crippen molar-refractivity contribution in [2.75, 3.05) is 13.1 Å². The first-order valence-corrected chi connectivity index (χ1v) is 10.9. The summed E-state index contributed by atoms with van der Waals surface area (Å²) in [5.41, 5.74) is 1.14. The fraction of sp³-hybridized carbons (Fsp3) is 0.500. The van der Waals surface area contributed by atoms with Crippen LogP contribution in [0.1, 0.15) is 50.5 Å². The van der Waals surface area contributed by atoms with Gasteiger partial charge < -0.3 is 19.5 Å². The minimum Gasteiger partial charge on any atom is -0.476 e. The third kappa shape index (κ3) is 5.24. The number of nitrogens with zero attached hydrogens (tertiary/aromatic N) is 6. The molecule has 0 saturated carbocycles. The lowest BCUT2D eigenvalue weighted by Crippen LogP contribution is -2.37. The van der Waals surface area contributed by atoms with Gasteiger partial charge in [-0.3, -0.25) is 4.68 Å². The Kier molecular flexibility index (Phi) is 5.96. The largest absolute Gasteiger partial charge is 0.476 e. The van der Waals surface area contributed by atoms with Crippen molar-refractivity contribution in [1.82, 2.24) is 29.3 Å². The predicted octanol–water partition coefficient (Wildman–Crippen LogP) is 3.00. The average molecular weight is 457 g/mol. The quantitative estimate of drug-likeness (QED) is 0.635. The Morgan fingerprint density at radius 1 is 1.18 bits per heavy atom. The van der Waals surface area contributed by atoms with E-state index in [1.54, 1.807) is 29.0 Å². The third-order valence-corrected chi connectivity index (χ3v) is 5.25. The molecule has 1 N–H and O–H groups in total. The van der Waals surface area contributed by atoms with Crippen LogP contribution in [0.4, 0.5) is 4.79 Å². The second-order valence-corrected chi connectivity index (χ2v) is 9.14. The summed E-state index contributed by atoms with van der Waals surface area (Å²) in [5, 5.41) is 17.7. The van der Waals surface area contributed by atoms with Gasteiger partial charge in [-0.1, -0.05) is 0 Å². The molecular formula is C22H28N6O5. The Labute approximate surface area is 190 Å². The van der Waals surface area contributed by atoms with Crippen molar-refractivity contribution in [2.24, 2.45) is 7.05 Å². The normalized spacial score (nSPS) is 17.1. The first-order chi connectivity index (χ1) is 15.6. The van der Waals surface area contributed by atoms with E-state index in [2.05, 4.69) is 15.2 Å². The van der Waals surface area contributed by atoms with Crippen LogP contribution in [0.2, 0.25) is 0 Å². The highest BCUT2D eigenvalue weighted by Crippen LogP contribution is 2.27. The number of aromatic carboxylic acids is 1. The van der Waals surface area contributed by atoms with E-state index >= 15 is 0 Å². The van der Waals surface area contributed by atoms with Crippen LogP contribution in [-0.2, 0) is 11.8 Å². The number of aromatic nitrogens is 5. The van der Waals surface area contributed by atoms with Crippen LogP contribution in [0.3, 0.4) is 0 Å². The van der Waals surface area contributed by atoms with Crippen molar-refractivity contribution < 1.29 is 24.2 Å². The standard InChI is InChI=1S/C22H28N6O5/c1-22(2,3)33-21(31)27-8-5-6-15(7-9-27)32-19-18-10-16(20(29)30)25-28(18)13-17(24-19)14-11-23-26(4)12-14/h10-13,15H,5-9H2,1-4H3,(H,29,30). The molecular weight excluding hydrogens is 428 g/mol. The SMILES string of the molecule is Cn1cc(-c2cn3nc(C(=O)O)cc3c(OC3CCCN(C(=O)OC(C)(C)C)CC3)n2)cn1. The van der Waals surface area contributed by atoms with Crippen LogP contribution in [0, 0.1) is 0 Å².